The molecule has 1 N–H and O–H groups in total. The fourth-order valence-corrected chi connectivity index (χ4v) is 1.38. The van der Waals surface area contributed by atoms with Crippen molar-refractivity contribution < 1.29 is 9.59 Å². The summed E-state index contributed by atoms with van der Waals surface area (Å²) in [6, 6.07) is -0.374. The lowest BCUT2D eigenvalue weighted by Crippen LogP contribution is -2.43. The summed E-state index contributed by atoms with van der Waals surface area (Å²) < 4.78 is 0. The van der Waals surface area contributed by atoms with Gasteiger partial charge in [0, 0.05) is 13.1 Å². The van der Waals surface area contributed by atoms with Gasteiger partial charge in [0.2, 0.25) is 12.3 Å². The van der Waals surface area contributed by atoms with Crippen molar-refractivity contribution >= 4 is 12.3 Å². The van der Waals surface area contributed by atoms with Gasteiger partial charge in [0.1, 0.15) is 6.04 Å². The molecule has 12 heavy (non-hydrogen) atoms. The van der Waals surface area contributed by atoms with Crippen molar-refractivity contribution in [1.82, 2.24) is 10.2 Å². The van der Waals surface area contributed by atoms with Crippen LogP contribution in [0, 0.1) is 0 Å². The van der Waals surface area contributed by atoms with E-state index in [0.29, 0.717) is 6.41 Å². The highest BCUT2D eigenvalue weighted by Gasteiger charge is 2.22. The Bertz CT molecular complexity index is 176. The Labute approximate surface area is 71.9 Å². The Kier molecular flexibility index (Phi) is 3.08. The van der Waals surface area contributed by atoms with E-state index in [-0.39, 0.29) is 11.9 Å². The largest absolute Gasteiger partial charge is 0.347 e. The van der Waals surface area contributed by atoms with Crippen LogP contribution in [0.2, 0.25) is 0 Å². The van der Waals surface area contributed by atoms with Gasteiger partial charge in [-0.2, -0.15) is 0 Å². The molecule has 2 amide bonds. The van der Waals surface area contributed by atoms with Crippen LogP contribution in [0.1, 0.15) is 19.8 Å². The summed E-state index contributed by atoms with van der Waals surface area (Å²) in [4.78, 5) is 23.3. The van der Waals surface area contributed by atoms with Crippen LogP contribution in [0.5, 0.6) is 0 Å². The molecule has 0 saturated carbocycles. The third-order valence-electron chi connectivity index (χ3n) is 2.11. The number of nitrogens with one attached hydrogen (secondary N) is 1. The first-order chi connectivity index (χ1) is 5.75. The molecule has 1 aliphatic heterocycles. The van der Waals surface area contributed by atoms with Gasteiger partial charge in [0.15, 0.2) is 0 Å². The standard InChI is InChI=1S/C8H14N2O2/c1-7(9-6-11)8(12)10-4-2-3-5-10/h6-7H,2-5H2,1H3,(H,9,11). The van der Waals surface area contributed by atoms with Crippen LogP contribution >= 0.6 is 0 Å². The third-order valence-corrected chi connectivity index (χ3v) is 2.11. The smallest absolute Gasteiger partial charge is 0.244 e. The number of nitrogens with zero attached hydrogens (tertiary/aromatic N) is 1. The van der Waals surface area contributed by atoms with Gasteiger partial charge < -0.3 is 10.2 Å². The molecule has 4 nitrogen and oxygen atoms in total. The minimum Gasteiger partial charge on any atom is -0.347 e. The second kappa shape index (κ2) is 4.09. The van der Waals surface area contributed by atoms with E-state index < -0.39 is 0 Å². The molecule has 1 unspecified atom stereocenters. The van der Waals surface area contributed by atoms with Gasteiger partial charge in [-0.1, -0.05) is 0 Å². The Morgan fingerprint density at radius 2 is 2.08 bits per heavy atom. The zero-order chi connectivity index (χ0) is 8.97. The second-order valence-corrected chi connectivity index (χ2v) is 3.04. The first-order valence-corrected chi connectivity index (χ1v) is 4.24. The summed E-state index contributed by atoms with van der Waals surface area (Å²) in [5.74, 6) is 0.0274. The fraction of sp³-hybridized carbons (Fsp3) is 0.750. The summed E-state index contributed by atoms with van der Waals surface area (Å²) in [6.45, 7) is 3.38. The van der Waals surface area contributed by atoms with Crippen molar-refractivity contribution in [1.29, 1.82) is 0 Å². The summed E-state index contributed by atoms with van der Waals surface area (Å²) in [5, 5.41) is 2.45. The number of amides is 2. The van der Waals surface area contributed by atoms with Crippen LogP contribution in [0.3, 0.4) is 0 Å². The molecule has 1 atom stereocenters. The maximum absolute atomic E-state index is 11.4. The molecule has 68 valence electrons. The van der Waals surface area contributed by atoms with Crippen LogP contribution in [0.25, 0.3) is 0 Å². The highest BCUT2D eigenvalue weighted by atomic mass is 16.2. The zero-order valence-electron chi connectivity index (χ0n) is 7.25. The number of hydrogen-bond donors (Lipinski definition) is 1. The van der Waals surface area contributed by atoms with Crippen molar-refractivity contribution in [3.05, 3.63) is 0 Å². The van der Waals surface area contributed by atoms with Gasteiger partial charge in [-0.15, -0.1) is 0 Å². The molecular formula is C8H14N2O2. The fourth-order valence-electron chi connectivity index (χ4n) is 1.38. The Balaban J connectivity index is 2.39. The molecule has 0 aromatic heterocycles. The molecule has 1 heterocycles. The van der Waals surface area contributed by atoms with Crippen LogP contribution in [-0.2, 0) is 9.59 Å². The summed E-state index contributed by atoms with van der Waals surface area (Å²) in [5.41, 5.74) is 0. The first-order valence-electron chi connectivity index (χ1n) is 4.24. The zero-order valence-corrected chi connectivity index (χ0v) is 7.25. The van der Waals surface area contributed by atoms with E-state index in [1.807, 2.05) is 0 Å². The Morgan fingerprint density at radius 3 is 2.58 bits per heavy atom. The van der Waals surface area contributed by atoms with Crippen LogP contribution < -0.4 is 5.32 Å². The van der Waals surface area contributed by atoms with E-state index in [2.05, 4.69) is 5.32 Å². The first kappa shape index (κ1) is 9.03. The minimum absolute atomic E-state index is 0.0274. The maximum Gasteiger partial charge on any atom is 0.244 e. The Hall–Kier alpha value is -1.06. The van der Waals surface area contributed by atoms with E-state index in [1.54, 1.807) is 11.8 Å². The van der Waals surface area contributed by atoms with E-state index in [4.69, 9.17) is 0 Å². The highest BCUT2D eigenvalue weighted by molar-refractivity contribution is 5.83. The number of rotatable bonds is 3. The lowest BCUT2D eigenvalue weighted by Gasteiger charge is -2.19. The molecule has 4 heteroatoms. The van der Waals surface area contributed by atoms with Crippen molar-refractivity contribution in [3.63, 3.8) is 0 Å². The molecule has 0 radical (unpaired) electrons. The van der Waals surface area contributed by atoms with Crippen LogP contribution in [0.4, 0.5) is 0 Å². The van der Waals surface area contributed by atoms with Crippen molar-refractivity contribution in [2.45, 2.75) is 25.8 Å². The van der Waals surface area contributed by atoms with Gasteiger partial charge in [-0.3, -0.25) is 9.59 Å². The highest BCUT2D eigenvalue weighted by Crippen LogP contribution is 2.08. The van der Waals surface area contributed by atoms with Crippen molar-refractivity contribution in [2.75, 3.05) is 13.1 Å². The maximum atomic E-state index is 11.4. The molecule has 1 rings (SSSR count). The molecule has 1 aliphatic rings. The molecule has 1 saturated heterocycles. The third kappa shape index (κ3) is 1.96. The monoisotopic (exact) mass is 170 g/mol. The average molecular weight is 170 g/mol. The number of likely N-dealkylation sites (tertiary alicyclic amines) is 1. The quantitative estimate of drug-likeness (QED) is 0.593. The summed E-state index contributed by atoms with van der Waals surface area (Å²) in [6.07, 6.45) is 2.73. The number of carbonyl (C=O) groups is 2. The predicted molar refractivity (Wildman–Crippen MR) is 44.5 cm³/mol. The van der Waals surface area contributed by atoms with Crippen LogP contribution in [0.15, 0.2) is 0 Å². The molecule has 0 aromatic carbocycles. The molecule has 0 spiro atoms. The Morgan fingerprint density at radius 1 is 1.50 bits per heavy atom. The van der Waals surface area contributed by atoms with Gasteiger partial charge in [-0.05, 0) is 19.8 Å². The van der Waals surface area contributed by atoms with E-state index in [0.717, 1.165) is 25.9 Å². The van der Waals surface area contributed by atoms with Crippen molar-refractivity contribution in [2.24, 2.45) is 0 Å². The lowest BCUT2D eigenvalue weighted by molar-refractivity contribution is -0.133. The number of hydrogen-bond acceptors (Lipinski definition) is 2. The normalized spacial score (nSPS) is 18.9. The molecule has 0 aromatic rings. The average Bonchev–Trinajstić information content (AvgIpc) is 2.55. The van der Waals surface area contributed by atoms with Crippen LogP contribution in [-0.4, -0.2) is 36.3 Å². The van der Waals surface area contributed by atoms with Gasteiger partial charge in [0.05, 0.1) is 0 Å². The molecule has 0 bridgehead atoms. The summed E-state index contributed by atoms with van der Waals surface area (Å²) >= 11 is 0. The topological polar surface area (TPSA) is 49.4 Å². The SMILES string of the molecule is CC(NC=O)C(=O)N1CCCC1. The van der Waals surface area contributed by atoms with E-state index in [9.17, 15) is 9.59 Å². The second-order valence-electron chi connectivity index (χ2n) is 3.04. The van der Waals surface area contributed by atoms with Gasteiger partial charge in [-0.25, -0.2) is 0 Å². The van der Waals surface area contributed by atoms with E-state index >= 15 is 0 Å². The predicted octanol–water partition coefficient (Wildman–Crippen LogP) is -0.257. The number of carbonyl (C=O) groups excluding carboxylic acids is 2. The van der Waals surface area contributed by atoms with Crippen molar-refractivity contribution in [3.8, 4) is 0 Å². The van der Waals surface area contributed by atoms with E-state index in [1.165, 1.54) is 0 Å². The summed E-state index contributed by atoms with van der Waals surface area (Å²) in [7, 11) is 0. The molecular weight excluding hydrogens is 156 g/mol. The van der Waals surface area contributed by atoms with Gasteiger partial charge >= 0.3 is 0 Å². The molecule has 0 aliphatic carbocycles. The molecule has 1 fully saturated rings. The van der Waals surface area contributed by atoms with Gasteiger partial charge in [0.25, 0.3) is 0 Å². The minimum atomic E-state index is -0.374. The lowest BCUT2D eigenvalue weighted by atomic mass is 10.3.